The largest absolute Gasteiger partial charge is 0.379 e. The summed E-state index contributed by atoms with van der Waals surface area (Å²) in [5, 5.41) is 5.64. The van der Waals surface area contributed by atoms with Crippen LogP contribution in [0.5, 0.6) is 0 Å². The zero-order chi connectivity index (χ0) is 12.8. The summed E-state index contributed by atoms with van der Waals surface area (Å²) in [4.78, 5) is 25.6. The van der Waals surface area contributed by atoms with Crippen LogP contribution in [-0.4, -0.2) is 62.1 Å². The van der Waals surface area contributed by atoms with Gasteiger partial charge in [-0.05, 0) is 19.3 Å². The van der Waals surface area contributed by atoms with E-state index in [1.54, 1.807) is 0 Å². The van der Waals surface area contributed by atoms with Gasteiger partial charge < -0.3 is 15.4 Å². The molecule has 6 nitrogen and oxygen atoms in total. The van der Waals surface area contributed by atoms with Crippen molar-refractivity contribution in [3.8, 4) is 0 Å². The molecule has 0 aromatic rings. The molecule has 18 heavy (non-hydrogen) atoms. The van der Waals surface area contributed by atoms with Crippen molar-refractivity contribution in [3.63, 3.8) is 0 Å². The van der Waals surface area contributed by atoms with Crippen molar-refractivity contribution in [1.82, 2.24) is 15.5 Å². The van der Waals surface area contributed by atoms with Gasteiger partial charge in [0.05, 0.1) is 19.8 Å². The number of amides is 2. The summed E-state index contributed by atoms with van der Waals surface area (Å²) in [5.74, 6) is -0.123. The number of carbonyl (C=O) groups is 2. The number of nitrogens with one attached hydrogen (secondary N) is 2. The zero-order valence-electron chi connectivity index (χ0n) is 10.6. The second-order valence-corrected chi connectivity index (χ2v) is 4.80. The number of nitrogens with zero attached hydrogens (tertiary/aromatic N) is 1. The van der Waals surface area contributed by atoms with Gasteiger partial charge in [-0.1, -0.05) is 0 Å². The van der Waals surface area contributed by atoms with Crippen LogP contribution in [0.4, 0.5) is 0 Å². The van der Waals surface area contributed by atoms with E-state index >= 15 is 0 Å². The highest BCUT2D eigenvalue weighted by molar-refractivity contribution is 5.88. The van der Waals surface area contributed by atoms with Gasteiger partial charge in [0.2, 0.25) is 11.8 Å². The highest BCUT2D eigenvalue weighted by Gasteiger charge is 2.23. The van der Waals surface area contributed by atoms with Gasteiger partial charge in [-0.25, -0.2) is 0 Å². The molecule has 1 atom stereocenters. The number of carbonyl (C=O) groups excluding carboxylic acids is 2. The Labute approximate surface area is 107 Å². The van der Waals surface area contributed by atoms with Crippen LogP contribution in [0.25, 0.3) is 0 Å². The summed E-state index contributed by atoms with van der Waals surface area (Å²) in [6.07, 6.45) is 2.70. The Bertz CT molecular complexity index is 303. The Morgan fingerprint density at radius 2 is 2.17 bits per heavy atom. The second-order valence-electron chi connectivity index (χ2n) is 4.80. The van der Waals surface area contributed by atoms with Crippen LogP contribution in [-0.2, 0) is 14.3 Å². The maximum Gasteiger partial charge on any atom is 0.242 e. The minimum Gasteiger partial charge on any atom is -0.379 e. The van der Waals surface area contributed by atoms with E-state index in [0.717, 1.165) is 32.4 Å². The van der Waals surface area contributed by atoms with Crippen molar-refractivity contribution < 1.29 is 14.3 Å². The third kappa shape index (κ3) is 3.96. The van der Waals surface area contributed by atoms with Crippen molar-refractivity contribution in [3.05, 3.63) is 0 Å². The molecule has 6 heteroatoms. The Hall–Kier alpha value is -1.14. The molecule has 0 bridgehead atoms. The highest BCUT2D eigenvalue weighted by Crippen LogP contribution is 2.05. The molecule has 2 rings (SSSR count). The number of hydrogen-bond acceptors (Lipinski definition) is 4. The van der Waals surface area contributed by atoms with Gasteiger partial charge in [-0.2, -0.15) is 0 Å². The maximum absolute atomic E-state index is 11.9. The Kier molecular flexibility index (Phi) is 4.95. The quantitative estimate of drug-likeness (QED) is 0.686. The Morgan fingerprint density at radius 3 is 2.94 bits per heavy atom. The molecule has 102 valence electrons. The lowest BCUT2D eigenvalue weighted by Crippen LogP contribution is -2.50. The fourth-order valence-corrected chi connectivity index (χ4v) is 2.28. The molecule has 0 saturated carbocycles. The summed E-state index contributed by atoms with van der Waals surface area (Å²) in [6, 6.07) is -0.360. The fraction of sp³-hybridized carbons (Fsp3) is 0.833. The third-order valence-corrected chi connectivity index (χ3v) is 3.34. The molecule has 0 aromatic carbocycles. The molecule has 2 aliphatic heterocycles. The predicted octanol–water partition coefficient (Wildman–Crippen LogP) is -0.896. The first kappa shape index (κ1) is 13.3. The van der Waals surface area contributed by atoms with E-state index in [-0.39, 0.29) is 17.9 Å². The van der Waals surface area contributed by atoms with Crippen LogP contribution in [0.3, 0.4) is 0 Å². The molecule has 2 amide bonds. The monoisotopic (exact) mass is 255 g/mol. The molecule has 2 fully saturated rings. The van der Waals surface area contributed by atoms with Crippen LogP contribution in [0, 0.1) is 0 Å². The van der Waals surface area contributed by atoms with Crippen LogP contribution < -0.4 is 10.6 Å². The normalized spacial score (nSPS) is 26.2. The molecule has 2 saturated heterocycles. The summed E-state index contributed by atoms with van der Waals surface area (Å²) < 4.78 is 5.23. The van der Waals surface area contributed by atoms with E-state index in [1.165, 1.54) is 0 Å². The van der Waals surface area contributed by atoms with Gasteiger partial charge in [0.25, 0.3) is 0 Å². The van der Waals surface area contributed by atoms with Crippen LogP contribution in [0.15, 0.2) is 0 Å². The second kappa shape index (κ2) is 6.70. The molecule has 0 radical (unpaired) electrons. The highest BCUT2D eigenvalue weighted by atomic mass is 16.5. The van der Waals surface area contributed by atoms with Gasteiger partial charge in [0, 0.05) is 19.6 Å². The number of rotatable bonds is 3. The molecule has 0 aliphatic carbocycles. The van der Waals surface area contributed by atoms with E-state index < -0.39 is 0 Å². The van der Waals surface area contributed by atoms with Gasteiger partial charge in [-0.3, -0.25) is 14.5 Å². The first-order valence-electron chi connectivity index (χ1n) is 6.63. The standard InChI is InChI=1S/C12H21N3O3/c16-11(9-15-5-7-18-8-6-15)14-10-3-1-2-4-13-12(10)17/h10H,1-9H2,(H,13,17)(H,14,16)/t10-/m0/s1. The molecule has 2 aliphatic rings. The van der Waals surface area contributed by atoms with E-state index in [2.05, 4.69) is 10.6 Å². The van der Waals surface area contributed by atoms with Crippen molar-refractivity contribution in [2.24, 2.45) is 0 Å². The average Bonchev–Trinajstić information content (AvgIpc) is 2.56. The smallest absolute Gasteiger partial charge is 0.242 e. The first-order valence-corrected chi connectivity index (χ1v) is 6.63. The molecule has 2 N–H and O–H groups in total. The van der Waals surface area contributed by atoms with Gasteiger partial charge in [0.15, 0.2) is 0 Å². The predicted molar refractivity (Wildman–Crippen MR) is 66.1 cm³/mol. The van der Waals surface area contributed by atoms with Crippen molar-refractivity contribution in [1.29, 1.82) is 0 Å². The molecule has 0 unspecified atom stereocenters. The van der Waals surface area contributed by atoms with Crippen molar-refractivity contribution in [2.75, 3.05) is 39.4 Å². The molecule has 2 heterocycles. The van der Waals surface area contributed by atoms with Crippen LogP contribution >= 0.6 is 0 Å². The SMILES string of the molecule is O=C(CN1CCOCC1)N[C@H]1CCCCNC1=O. The minimum atomic E-state index is -0.360. The van der Waals surface area contributed by atoms with Crippen molar-refractivity contribution in [2.45, 2.75) is 25.3 Å². The van der Waals surface area contributed by atoms with Gasteiger partial charge >= 0.3 is 0 Å². The Balaban J connectivity index is 1.76. The molecule has 0 aromatic heterocycles. The topological polar surface area (TPSA) is 70.7 Å². The summed E-state index contributed by atoms with van der Waals surface area (Å²) in [5.41, 5.74) is 0. The lowest BCUT2D eigenvalue weighted by atomic mass is 10.1. The van der Waals surface area contributed by atoms with E-state index in [4.69, 9.17) is 4.74 Å². The zero-order valence-corrected chi connectivity index (χ0v) is 10.6. The van der Waals surface area contributed by atoms with Crippen LogP contribution in [0.1, 0.15) is 19.3 Å². The molecular formula is C12H21N3O3. The number of hydrogen-bond donors (Lipinski definition) is 2. The third-order valence-electron chi connectivity index (χ3n) is 3.34. The van der Waals surface area contributed by atoms with Gasteiger partial charge in [-0.15, -0.1) is 0 Å². The first-order chi connectivity index (χ1) is 8.75. The maximum atomic E-state index is 11.9. The van der Waals surface area contributed by atoms with Gasteiger partial charge in [0.1, 0.15) is 6.04 Å². The summed E-state index contributed by atoms with van der Waals surface area (Å²) in [7, 11) is 0. The lowest BCUT2D eigenvalue weighted by Gasteiger charge is -2.26. The summed E-state index contributed by atoms with van der Waals surface area (Å²) >= 11 is 0. The lowest BCUT2D eigenvalue weighted by molar-refractivity contribution is -0.129. The number of morpholine rings is 1. The average molecular weight is 255 g/mol. The molecular weight excluding hydrogens is 234 g/mol. The van der Waals surface area contributed by atoms with E-state index in [1.807, 2.05) is 4.90 Å². The Morgan fingerprint density at radius 1 is 1.39 bits per heavy atom. The van der Waals surface area contributed by atoms with Crippen molar-refractivity contribution >= 4 is 11.8 Å². The molecule has 0 spiro atoms. The number of ether oxygens (including phenoxy) is 1. The van der Waals surface area contributed by atoms with Crippen LogP contribution in [0.2, 0.25) is 0 Å². The summed E-state index contributed by atoms with van der Waals surface area (Å²) in [6.45, 7) is 3.99. The minimum absolute atomic E-state index is 0.0529. The van der Waals surface area contributed by atoms with E-state index in [0.29, 0.717) is 26.3 Å². The van der Waals surface area contributed by atoms with E-state index in [9.17, 15) is 9.59 Å². The fourth-order valence-electron chi connectivity index (χ4n) is 2.28.